The lowest BCUT2D eigenvalue weighted by Crippen LogP contribution is -2.11. The van der Waals surface area contributed by atoms with E-state index in [1.54, 1.807) is 6.07 Å². The molecule has 0 unspecified atom stereocenters. The van der Waals surface area contributed by atoms with Gasteiger partial charge in [0.05, 0.1) is 5.56 Å². The smallest absolute Gasteiger partial charge is 0.166 e. The number of hydrogen-bond donors (Lipinski definition) is 0. The zero-order valence-corrected chi connectivity index (χ0v) is 13.1. The second-order valence-electron chi connectivity index (χ2n) is 7.14. The highest BCUT2D eigenvalue weighted by molar-refractivity contribution is 5.34. The normalized spacial score (nSPS) is 13.1. The molecule has 3 heteroatoms. The third-order valence-corrected chi connectivity index (χ3v) is 3.31. The van der Waals surface area contributed by atoms with Crippen LogP contribution in [0, 0.1) is 11.3 Å². The molecule has 0 aromatic heterocycles. The van der Waals surface area contributed by atoms with Crippen LogP contribution >= 0.6 is 0 Å². The molecule has 1 aromatic rings. The zero-order valence-electron chi connectivity index (χ0n) is 13.1. The highest BCUT2D eigenvalue weighted by atomic mass is 19.4. The maximum atomic E-state index is 12.8. The van der Waals surface area contributed by atoms with Crippen molar-refractivity contribution >= 4 is 0 Å². The number of aryl methyl sites for hydroxylation is 1. The average Bonchev–Trinajstić information content (AvgIpc) is 2.24. The minimum absolute atomic E-state index is 0.128. The molecule has 0 atom stereocenters. The van der Waals surface area contributed by atoms with Gasteiger partial charge in [0.1, 0.15) is 0 Å². The molecule has 0 spiro atoms. The summed E-state index contributed by atoms with van der Waals surface area (Å²) in [7, 11) is 0. The summed E-state index contributed by atoms with van der Waals surface area (Å²) in [5.41, 5.74) is 1.50. The second kappa shape index (κ2) is 6.19. The third kappa shape index (κ3) is 5.56. The van der Waals surface area contributed by atoms with Crippen molar-refractivity contribution in [2.75, 3.05) is 0 Å². The highest BCUT2D eigenvalue weighted by Gasteiger charge is 2.31. The Kier molecular flexibility index (Phi) is 5.28. The van der Waals surface area contributed by atoms with Gasteiger partial charge in [-0.3, -0.25) is 0 Å². The molecule has 0 bridgehead atoms. The fraction of sp³-hybridized carbons (Fsp3) is 0.647. The number of halogens is 3. The van der Waals surface area contributed by atoms with Gasteiger partial charge in [0.25, 0.3) is 0 Å². The van der Waals surface area contributed by atoms with Gasteiger partial charge in [0.2, 0.25) is 0 Å². The molecule has 0 aliphatic heterocycles. The lowest BCUT2D eigenvalue weighted by molar-refractivity contribution is -0.137. The molecule has 0 fully saturated rings. The van der Waals surface area contributed by atoms with E-state index in [-0.39, 0.29) is 5.41 Å². The first-order valence-corrected chi connectivity index (χ1v) is 7.18. The van der Waals surface area contributed by atoms with Gasteiger partial charge in [-0.25, -0.2) is 0 Å². The molecular weight excluding hydrogens is 261 g/mol. The SMILES string of the molecule is CC(C)Cc1ccc(C(F)(F)F)cc1CCC(C)(C)C. The van der Waals surface area contributed by atoms with Crippen LogP contribution in [0.1, 0.15) is 57.7 Å². The molecule has 114 valence electrons. The van der Waals surface area contributed by atoms with Gasteiger partial charge < -0.3 is 0 Å². The van der Waals surface area contributed by atoms with Crippen LogP contribution in [0.5, 0.6) is 0 Å². The standard InChI is InChI=1S/C17H25F3/c1-12(2)10-13-6-7-15(17(18,19)20)11-14(13)8-9-16(3,4)5/h6-7,11-12H,8-10H2,1-5H3. The lowest BCUT2D eigenvalue weighted by atomic mass is 9.86. The zero-order chi connectivity index (χ0) is 15.6. The van der Waals surface area contributed by atoms with E-state index in [0.29, 0.717) is 12.3 Å². The van der Waals surface area contributed by atoms with Crippen LogP contribution in [-0.4, -0.2) is 0 Å². The molecule has 0 radical (unpaired) electrons. The van der Waals surface area contributed by atoms with Crippen molar-refractivity contribution < 1.29 is 13.2 Å². The van der Waals surface area contributed by atoms with E-state index in [4.69, 9.17) is 0 Å². The summed E-state index contributed by atoms with van der Waals surface area (Å²) < 4.78 is 38.5. The quantitative estimate of drug-likeness (QED) is 0.648. The van der Waals surface area contributed by atoms with Crippen molar-refractivity contribution in [1.82, 2.24) is 0 Å². The van der Waals surface area contributed by atoms with Crippen LogP contribution in [0.3, 0.4) is 0 Å². The van der Waals surface area contributed by atoms with E-state index in [1.165, 1.54) is 12.1 Å². The minimum Gasteiger partial charge on any atom is -0.166 e. The van der Waals surface area contributed by atoms with E-state index in [9.17, 15) is 13.2 Å². The van der Waals surface area contributed by atoms with Crippen LogP contribution in [0.25, 0.3) is 0 Å². The largest absolute Gasteiger partial charge is 0.416 e. The van der Waals surface area contributed by atoms with Crippen LogP contribution in [0.2, 0.25) is 0 Å². The van der Waals surface area contributed by atoms with E-state index >= 15 is 0 Å². The first kappa shape index (κ1) is 17.1. The molecule has 0 aliphatic rings. The maximum Gasteiger partial charge on any atom is 0.416 e. The molecule has 0 amide bonds. The van der Waals surface area contributed by atoms with Crippen molar-refractivity contribution in [3.05, 3.63) is 34.9 Å². The molecule has 0 heterocycles. The summed E-state index contributed by atoms with van der Waals surface area (Å²) in [6.07, 6.45) is -1.83. The summed E-state index contributed by atoms with van der Waals surface area (Å²) in [6, 6.07) is 4.20. The molecule has 0 N–H and O–H groups in total. The van der Waals surface area contributed by atoms with Gasteiger partial charge in [0, 0.05) is 0 Å². The molecule has 20 heavy (non-hydrogen) atoms. The Bertz CT molecular complexity index is 437. The number of alkyl halides is 3. The molecule has 0 aliphatic carbocycles. The molecule has 1 aromatic carbocycles. The summed E-state index contributed by atoms with van der Waals surface area (Å²) in [5.74, 6) is 0.445. The Labute approximate surface area is 120 Å². The summed E-state index contributed by atoms with van der Waals surface area (Å²) >= 11 is 0. The first-order valence-electron chi connectivity index (χ1n) is 7.18. The van der Waals surface area contributed by atoms with Crippen LogP contribution in [-0.2, 0) is 19.0 Å². The van der Waals surface area contributed by atoms with Crippen molar-refractivity contribution in [3.63, 3.8) is 0 Å². The molecular formula is C17H25F3. The summed E-state index contributed by atoms with van der Waals surface area (Å²) in [5, 5.41) is 0. The topological polar surface area (TPSA) is 0 Å². The van der Waals surface area contributed by atoms with E-state index in [0.717, 1.165) is 24.0 Å². The number of rotatable bonds is 4. The summed E-state index contributed by atoms with van der Waals surface area (Å²) in [4.78, 5) is 0. The Morgan fingerprint density at radius 1 is 1.00 bits per heavy atom. The third-order valence-electron chi connectivity index (χ3n) is 3.31. The van der Waals surface area contributed by atoms with Gasteiger partial charge in [0.15, 0.2) is 0 Å². The highest BCUT2D eigenvalue weighted by Crippen LogP contribution is 2.32. The Morgan fingerprint density at radius 3 is 2.05 bits per heavy atom. The predicted molar refractivity (Wildman–Crippen MR) is 77.8 cm³/mol. The maximum absolute atomic E-state index is 12.8. The van der Waals surface area contributed by atoms with Crippen molar-refractivity contribution in [3.8, 4) is 0 Å². The van der Waals surface area contributed by atoms with Crippen LogP contribution < -0.4 is 0 Å². The molecule has 1 rings (SSSR count). The van der Waals surface area contributed by atoms with E-state index in [2.05, 4.69) is 34.6 Å². The second-order valence-corrected chi connectivity index (χ2v) is 7.14. The van der Waals surface area contributed by atoms with Gasteiger partial charge in [-0.15, -0.1) is 0 Å². The fourth-order valence-corrected chi connectivity index (χ4v) is 2.18. The Morgan fingerprint density at radius 2 is 1.60 bits per heavy atom. The Balaban J connectivity index is 3.06. The average molecular weight is 286 g/mol. The first-order chi connectivity index (χ1) is 8.99. The molecule has 0 saturated heterocycles. The number of benzene rings is 1. The van der Waals surface area contributed by atoms with Crippen molar-refractivity contribution in [2.45, 2.75) is 60.1 Å². The fourth-order valence-electron chi connectivity index (χ4n) is 2.18. The van der Waals surface area contributed by atoms with Gasteiger partial charge >= 0.3 is 6.18 Å². The van der Waals surface area contributed by atoms with Crippen LogP contribution in [0.15, 0.2) is 18.2 Å². The van der Waals surface area contributed by atoms with Crippen LogP contribution in [0.4, 0.5) is 13.2 Å². The van der Waals surface area contributed by atoms with Gasteiger partial charge in [-0.2, -0.15) is 13.2 Å². The Hall–Kier alpha value is -0.990. The molecule has 0 saturated carbocycles. The van der Waals surface area contributed by atoms with E-state index < -0.39 is 11.7 Å². The summed E-state index contributed by atoms with van der Waals surface area (Å²) in [6.45, 7) is 10.5. The van der Waals surface area contributed by atoms with Crippen molar-refractivity contribution in [1.29, 1.82) is 0 Å². The van der Waals surface area contributed by atoms with E-state index in [1.807, 2.05) is 0 Å². The van der Waals surface area contributed by atoms with Crippen molar-refractivity contribution in [2.24, 2.45) is 11.3 Å². The minimum atomic E-state index is -4.26. The van der Waals surface area contributed by atoms with Gasteiger partial charge in [-0.05, 0) is 53.9 Å². The predicted octanol–water partition coefficient (Wildman–Crippen LogP) is 5.88. The number of hydrogen-bond acceptors (Lipinski definition) is 0. The van der Waals surface area contributed by atoms with Gasteiger partial charge in [-0.1, -0.05) is 40.7 Å². The lowest BCUT2D eigenvalue weighted by Gasteiger charge is -2.20. The molecule has 0 nitrogen and oxygen atoms in total. The monoisotopic (exact) mass is 286 g/mol.